The van der Waals surface area contributed by atoms with Gasteiger partial charge in [-0.2, -0.15) is 4.98 Å². The zero-order valence-electron chi connectivity index (χ0n) is 20.3. The number of likely N-dealkylation sites (tertiary alicyclic amines) is 1. The first-order valence-electron chi connectivity index (χ1n) is 12.9. The lowest BCUT2D eigenvalue weighted by Crippen LogP contribution is -2.29. The molecule has 0 saturated carbocycles. The molecule has 1 aliphatic heterocycles. The summed E-state index contributed by atoms with van der Waals surface area (Å²) in [5.41, 5.74) is 2.97. The Morgan fingerprint density at radius 2 is 1.83 bits per heavy atom. The van der Waals surface area contributed by atoms with E-state index in [1.165, 1.54) is 36.1 Å². The fourth-order valence-electron chi connectivity index (χ4n) is 5.16. The molecule has 2 aromatic heterocycles. The summed E-state index contributed by atoms with van der Waals surface area (Å²) in [5.74, 6) is 1.92. The van der Waals surface area contributed by atoms with Gasteiger partial charge in [0, 0.05) is 17.0 Å². The van der Waals surface area contributed by atoms with Gasteiger partial charge in [-0.05, 0) is 74.5 Å². The molecule has 36 heavy (non-hydrogen) atoms. The second-order valence-corrected chi connectivity index (χ2v) is 10.7. The Balaban J connectivity index is 1.26. The second kappa shape index (κ2) is 10.4. The first-order valence-corrected chi connectivity index (χ1v) is 13.7. The smallest absolute Gasteiger partial charge is 0.251 e. The van der Waals surface area contributed by atoms with Gasteiger partial charge in [0.15, 0.2) is 0 Å². The zero-order valence-corrected chi connectivity index (χ0v) is 21.2. The third-order valence-electron chi connectivity index (χ3n) is 7.00. The third-order valence-corrected chi connectivity index (χ3v) is 8.18. The molecule has 184 valence electrons. The van der Waals surface area contributed by atoms with Crippen LogP contribution in [0.3, 0.4) is 0 Å². The van der Waals surface area contributed by atoms with Gasteiger partial charge in [0.05, 0.1) is 11.9 Å². The highest BCUT2D eigenvalue weighted by molar-refractivity contribution is 7.19. The fourth-order valence-corrected chi connectivity index (χ4v) is 6.43. The van der Waals surface area contributed by atoms with Crippen LogP contribution >= 0.6 is 11.3 Å². The van der Waals surface area contributed by atoms with Gasteiger partial charge in [-0.3, -0.25) is 9.69 Å². The van der Waals surface area contributed by atoms with Gasteiger partial charge in [0.25, 0.3) is 5.91 Å². The Hall–Kier alpha value is -3.29. The number of thiophene rings is 1. The second-order valence-electron chi connectivity index (χ2n) is 9.62. The van der Waals surface area contributed by atoms with Crippen molar-refractivity contribution < 1.29 is 9.53 Å². The number of nitrogens with one attached hydrogen (secondary N) is 1. The van der Waals surface area contributed by atoms with E-state index >= 15 is 0 Å². The van der Waals surface area contributed by atoms with E-state index in [2.05, 4.69) is 10.2 Å². The average Bonchev–Trinajstić information content (AvgIpc) is 3.50. The maximum absolute atomic E-state index is 12.8. The maximum atomic E-state index is 12.8. The predicted molar refractivity (Wildman–Crippen MR) is 143 cm³/mol. The van der Waals surface area contributed by atoms with E-state index in [4.69, 9.17) is 14.7 Å². The fraction of sp³-hybridized carbons (Fsp3) is 0.345. The number of hydrogen-bond acceptors (Lipinski definition) is 6. The number of fused-ring (bicyclic) bond motifs is 3. The topological polar surface area (TPSA) is 67.3 Å². The largest absolute Gasteiger partial charge is 0.438 e. The Morgan fingerprint density at radius 1 is 0.972 bits per heavy atom. The van der Waals surface area contributed by atoms with Gasteiger partial charge in [0.2, 0.25) is 5.88 Å². The summed E-state index contributed by atoms with van der Waals surface area (Å²) in [5, 5.41) is 4.05. The number of aryl methyl sites for hydroxylation is 2. The summed E-state index contributed by atoms with van der Waals surface area (Å²) in [6.07, 6.45) is 7.09. The molecule has 6 rings (SSSR count). The number of nitrogens with zero attached hydrogens (tertiary/aromatic N) is 3. The molecule has 0 bridgehead atoms. The van der Waals surface area contributed by atoms with Crippen molar-refractivity contribution >= 4 is 27.5 Å². The zero-order chi connectivity index (χ0) is 24.3. The Kier molecular flexibility index (Phi) is 6.66. The molecule has 7 heteroatoms. The molecular formula is C29H30N4O2S. The van der Waals surface area contributed by atoms with Crippen LogP contribution in [0, 0.1) is 0 Å². The van der Waals surface area contributed by atoms with Crippen molar-refractivity contribution in [1.82, 2.24) is 20.2 Å². The van der Waals surface area contributed by atoms with Crippen molar-refractivity contribution in [1.29, 1.82) is 0 Å². The van der Waals surface area contributed by atoms with Gasteiger partial charge in [0.1, 0.15) is 16.4 Å². The van der Waals surface area contributed by atoms with Crippen LogP contribution in [0.5, 0.6) is 11.6 Å². The summed E-state index contributed by atoms with van der Waals surface area (Å²) in [7, 11) is 0. The number of ether oxygens (including phenoxy) is 1. The standard InChI is InChI=1S/C29H30N4O2S/c34-27(30-18-20-9-3-1-4-10-20)21-11-7-12-22(17-21)35-28-26-23-13-8-14-24(23)36-29(26)32-25(31-28)19-33-15-5-2-6-16-33/h1,3-4,7,9-12,17H,2,5-6,8,13-16,18-19H2,(H,30,34). The minimum absolute atomic E-state index is 0.126. The van der Waals surface area contributed by atoms with Crippen LogP contribution < -0.4 is 10.1 Å². The molecule has 2 aliphatic rings. The van der Waals surface area contributed by atoms with Crippen LogP contribution in [0.15, 0.2) is 54.6 Å². The molecule has 2 aromatic carbocycles. The number of carbonyl (C=O) groups is 1. The van der Waals surface area contributed by atoms with E-state index in [1.54, 1.807) is 17.4 Å². The third kappa shape index (κ3) is 4.99. The van der Waals surface area contributed by atoms with Crippen molar-refractivity contribution in [3.05, 3.63) is 82.0 Å². The van der Waals surface area contributed by atoms with Crippen LogP contribution in [0.25, 0.3) is 10.2 Å². The highest BCUT2D eigenvalue weighted by Gasteiger charge is 2.24. The van der Waals surface area contributed by atoms with Crippen molar-refractivity contribution in [2.75, 3.05) is 13.1 Å². The van der Waals surface area contributed by atoms with E-state index in [-0.39, 0.29) is 5.91 Å². The lowest BCUT2D eigenvalue weighted by atomic mass is 10.1. The van der Waals surface area contributed by atoms with Gasteiger partial charge in [-0.1, -0.05) is 42.8 Å². The van der Waals surface area contributed by atoms with E-state index in [0.717, 1.165) is 54.1 Å². The Bertz CT molecular complexity index is 1380. The summed E-state index contributed by atoms with van der Waals surface area (Å²) in [6, 6.07) is 17.3. The molecule has 0 atom stereocenters. The molecule has 0 spiro atoms. The number of amides is 1. The number of aromatic nitrogens is 2. The average molecular weight is 499 g/mol. The molecule has 1 saturated heterocycles. The van der Waals surface area contributed by atoms with Gasteiger partial charge in [-0.15, -0.1) is 11.3 Å². The van der Waals surface area contributed by atoms with Crippen LogP contribution in [0.4, 0.5) is 0 Å². The summed E-state index contributed by atoms with van der Waals surface area (Å²) in [4.78, 5) is 27.6. The van der Waals surface area contributed by atoms with Crippen LogP contribution in [0.2, 0.25) is 0 Å². The quantitative estimate of drug-likeness (QED) is 0.344. The van der Waals surface area contributed by atoms with Gasteiger partial charge >= 0.3 is 0 Å². The molecule has 6 nitrogen and oxygen atoms in total. The van der Waals surface area contributed by atoms with Gasteiger partial charge < -0.3 is 10.1 Å². The number of carbonyl (C=O) groups excluding carboxylic acids is 1. The minimum Gasteiger partial charge on any atom is -0.438 e. The van der Waals surface area contributed by atoms with E-state index in [9.17, 15) is 4.79 Å². The minimum atomic E-state index is -0.126. The molecule has 0 unspecified atom stereocenters. The lowest BCUT2D eigenvalue weighted by molar-refractivity contribution is 0.0950. The Morgan fingerprint density at radius 3 is 2.69 bits per heavy atom. The molecule has 4 aromatic rings. The molecule has 1 N–H and O–H groups in total. The van der Waals surface area contributed by atoms with E-state index in [0.29, 0.717) is 23.7 Å². The highest BCUT2D eigenvalue weighted by Crippen LogP contribution is 2.41. The molecule has 3 heterocycles. The summed E-state index contributed by atoms with van der Waals surface area (Å²) < 4.78 is 6.42. The number of rotatable bonds is 7. The first kappa shape index (κ1) is 23.1. The van der Waals surface area contributed by atoms with Gasteiger partial charge in [-0.25, -0.2) is 4.98 Å². The number of hydrogen-bond donors (Lipinski definition) is 1. The first-order chi connectivity index (χ1) is 17.7. The van der Waals surface area contributed by atoms with Crippen LogP contribution in [0.1, 0.15) is 57.9 Å². The predicted octanol–water partition coefficient (Wildman–Crippen LogP) is 5.89. The van der Waals surface area contributed by atoms with Crippen molar-refractivity contribution in [2.24, 2.45) is 0 Å². The van der Waals surface area contributed by atoms with Crippen molar-refractivity contribution in [3.8, 4) is 11.6 Å². The SMILES string of the molecule is O=C(NCc1ccccc1)c1cccc(Oc2nc(CN3CCCCC3)nc3sc4c(c23)CCC4)c1. The maximum Gasteiger partial charge on any atom is 0.251 e. The summed E-state index contributed by atoms with van der Waals surface area (Å²) >= 11 is 1.79. The molecular weight excluding hydrogens is 468 g/mol. The van der Waals surface area contributed by atoms with E-state index < -0.39 is 0 Å². The molecule has 1 fully saturated rings. The number of benzene rings is 2. The monoisotopic (exact) mass is 498 g/mol. The highest BCUT2D eigenvalue weighted by atomic mass is 32.1. The molecule has 0 radical (unpaired) electrons. The number of piperidine rings is 1. The van der Waals surface area contributed by atoms with Crippen molar-refractivity contribution in [3.63, 3.8) is 0 Å². The summed E-state index contributed by atoms with van der Waals surface area (Å²) in [6.45, 7) is 3.42. The van der Waals surface area contributed by atoms with Crippen LogP contribution in [-0.4, -0.2) is 33.9 Å². The lowest BCUT2D eigenvalue weighted by Gasteiger charge is -2.25. The van der Waals surface area contributed by atoms with E-state index in [1.807, 2.05) is 48.5 Å². The van der Waals surface area contributed by atoms with Crippen molar-refractivity contribution in [2.45, 2.75) is 51.6 Å². The van der Waals surface area contributed by atoms with Crippen LogP contribution in [-0.2, 0) is 25.9 Å². The Labute approximate surface area is 215 Å². The normalized spacial score (nSPS) is 15.7. The molecule has 1 amide bonds. The molecule has 1 aliphatic carbocycles.